The molecule has 0 aliphatic heterocycles. The molecule has 0 fully saturated rings. The molecular weight excluding hydrogens is 278 g/mol. The molecule has 0 bridgehead atoms. The lowest BCUT2D eigenvalue weighted by molar-refractivity contribution is 0.281. The third-order valence-corrected chi connectivity index (χ3v) is 4.79. The zero-order valence-electron chi connectivity index (χ0n) is 14.7. The maximum Gasteiger partial charge on any atom is 0.0944 e. The van der Waals surface area contributed by atoms with E-state index < -0.39 is 0 Å². The van der Waals surface area contributed by atoms with Crippen LogP contribution in [0.25, 0.3) is 0 Å². The Bertz CT molecular complexity index is 391. The van der Waals surface area contributed by atoms with Gasteiger partial charge < -0.3 is 10.2 Å². The number of rotatable bonds is 9. The normalized spacial score (nSPS) is 13.9. The predicted molar refractivity (Wildman–Crippen MR) is 94.4 cm³/mol. The molecular formula is C17H33N3S. The molecule has 1 aromatic heterocycles. The van der Waals surface area contributed by atoms with E-state index in [1.165, 1.54) is 23.7 Å². The average Bonchev–Trinajstić information content (AvgIpc) is 2.88. The number of nitrogens with zero attached hydrogens (tertiary/aromatic N) is 2. The van der Waals surface area contributed by atoms with Crippen LogP contribution in [0.15, 0.2) is 5.38 Å². The molecule has 1 atom stereocenters. The monoisotopic (exact) mass is 311 g/mol. The van der Waals surface area contributed by atoms with Crippen molar-refractivity contribution in [2.45, 2.75) is 65.8 Å². The molecule has 1 unspecified atom stereocenters. The lowest BCUT2D eigenvalue weighted by Gasteiger charge is -2.23. The van der Waals surface area contributed by atoms with Crippen molar-refractivity contribution in [3.8, 4) is 0 Å². The van der Waals surface area contributed by atoms with Gasteiger partial charge in [-0.05, 0) is 32.6 Å². The Kier molecular flexibility index (Phi) is 7.85. The largest absolute Gasteiger partial charge is 0.314 e. The number of thiazole rings is 1. The first-order valence-corrected chi connectivity index (χ1v) is 9.19. The molecule has 1 heterocycles. The molecule has 4 heteroatoms. The van der Waals surface area contributed by atoms with Gasteiger partial charge in [0.05, 0.1) is 10.7 Å². The third-order valence-electron chi connectivity index (χ3n) is 3.92. The summed E-state index contributed by atoms with van der Waals surface area (Å²) >= 11 is 1.81. The van der Waals surface area contributed by atoms with Gasteiger partial charge in [0.1, 0.15) is 0 Å². The van der Waals surface area contributed by atoms with Crippen LogP contribution in [0.4, 0.5) is 0 Å². The molecule has 0 aliphatic carbocycles. The van der Waals surface area contributed by atoms with Crippen LogP contribution in [0, 0.1) is 0 Å². The molecule has 0 spiro atoms. The lowest BCUT2D eigenvalue weighted by Crippen LogP contribution is -2.35. The summed E-state index contributed by atoms with van der Waals surface area (Å²) in [6, 6.07) is 0.537. The minimum absolute atomic E-state index is 0.156. The van der Waals surface area contributed by atoms with Crippen LogP contribution in [-0.4, -0.2) is 42.1 Å². The van der Waals surface area contributed by atoms with Crippen LogP contribution in [-0.2, 0) is 11.8 Å². The van der Waals surface area contributed by atoms with Crippen LogP contribution in [0.5, 0.6) is 0 Å². The van der Waals surface area contributed by atoms with Gasteiger partial charge in [0.2, 0.25) is 0 Å². The summed E-state index contributed by atoms with van der Waals surface area (Å²) in [7, 11) is 0. The first-order chi connectivity index (χ1) is 9.90. The topological polar surface area (TPSA) is 28.2 Å². The maximum absolute atomic E-state index is 4.84. The molecule has 0 aliphatic rings. The molecule has 1 N–H and O–H groups in total. The van der Waals surface area contributed by atoms with Crippen molar-refractivity contribution in [2.24, 2.45) is 0 Å². The Morgan fingerprint density at radius 3 is 2.38 bits per heavy atom. The smallest absolute Gasteiger partial charge is 0.0944 e. The fourth-order valence-corrected chi connectivity index (χ4v) is 3.51. The minimum atomic E-state index is 0.156. The Hall–Kier alpha value is -0.450. The number of likely N-dealkylation sites (N-methyl/N-ethyl adjacent to an activating group) is 1. The molecule has 3 nitrogen and oxygen atoms in total. The highest BCUT2D eigenvalue weighted by atomic mass is 32.1. The second kappa shape index (κ2) is 8.86. The zero-order chi connectivity index (χ0) is 15.9. The number of nitrogens with one attached hydrogen (secondary N) is 1. The number of hydrogen-bond donors (Lipinski definition) is 1. The van der Waals surface area contributed by atoms with E-state index in [-0.39, 0.29) is 5.41 Å². The second-order valence-corrected chi connectivity index (χ2v) is 7.59. The van der Waals surface area contributed by atoms with Crippen molar-refractivity contribution < 1.29 is 0 Å². The number of aromatic nitrogens is 1. The highest BCUT2D eigenvalue weighted by molar-refractivity contribution is 7.09. The van der Waals surface area contributed by atoms with Crippen LogP contribution in [0.1, 0.15) is 58.7 Å². The summed E-state index contributed by atoms with van der Waals surface area (Å²) in [5.74, 6) is 0. The van der Waals surface area contributed by atoms with Crippen LogP contribution in [0.2, 0.25) is 0 Å². The van der Waals surface area contributed by atoms with Crippen molar-refractivity contribution >= 4 is 11.3 Å². The van der Waals surface area contributed by atoms with Crippen LogP contribution in [0.3, 0.4) is 0 Å². The van der Waals surface area contributed by atoms with Gasteiger partial charge in [0.15, 0.2) is 0 Å². The van der Waals surface area contributed by atoms with E-state index in [0.717, 1.165) is 26.1 Å². The molecule has 1 aromatic rings. The first kappa shape index (κ1) is 18.6. The van der Waals surface area contributed by atoms with E-state index in [0.29, 0.717) is 6.04 Å². The molecule has 1 rings (SSSR count). The summed E-state index contributed by atoms with van der Waals surface area (Å²) < 4.78 is 0. The van der Waals surface area contributed by atoms with Crippen LogP contribution >= 0.6 is 11.3 Å². The molecule has 0 radical (unpaired) electrons. The molecule has 0 aromatic carbocycles. The fraction of sp³-hybridized carbons (Fsp3) is 0.824. The molecule has 122 valence electrons. The van der Waals surface area contributed by atoms with Gasteiger partial charge in [0.25, 0.3) is 0 Å². The average molecular weight is 312 g/mol. The van der Waals surface area contributed by atoms with Gasteiger partial charge in [-0.15, -0.1) is 11.3 Å². The molecule has 0 amide bonds. The Morgan fingerprint density at radius 2 is 1.90 bits per heavy atom. The van der Waals surface area contributed by atoms with Crippen LogP contribution < -0.4 is 5.32 Å². The van der Waals surface area contributed by atoms with Gasteiger partial charge in [-0.2, -0.15) is 0 Å². The summed E-state index contributed by atoms with van der Waals surface area (Å²) in [4.78, 5) is 7.33. The van der Waals surface area contributed by atoms with E-state index in [2.05, 4.69) is 57.1 Å². The SMILES string of the molecule is CCNC(CCN(CC)CC)Cc1nc(C(C)(C)C)cs1. The Morgan fingerprint density at radius 1 is 1.24 bits per heavy atom. The number of hydrogen-bond acceptors (Lipinski definition) is 4. The molecule has 0 saturated carbocycles. The van der Waals surface area contributed by atoms with Gasteiger partial charge in [-0.1, -0.05) is 41.5 Å². The highest BCUT2D eigenvalue weighted by Gasteiger charge is 2.19. The minimum Gasteiger partial charge on any atom is -0.314 e. The summed E-state index contributed by atoms with van der Waals surface area (Å²) in [6.45, 7) is 17.8. The van der Waals surface area contributed by atoms with Crippen molar-refractivity contribution in [2.75, 3.05) is 26.2 Å². The van der Waals surface area contributed by atoms with Crippen molar-refractivity contribution in [1.29, 1.82) is 0 Å². The molecule has 21 heavy (non-hydrogen) atoms. The van der Waals surface area contributed by atoms with Crippen molar-refractivity contribution in [3.63, 3.8) is 0 Å². The zero-order valence-corrected chi connectivity index (χ0v) is 15.5. The van der Waals surface area contributed by atoms with E-state index in [9.17, 15) is 0 Å². The van der Waals surface area contributed by atoms with Gasteiger partial charge in [0, 0.05) is 23.3 Å². The summed E-state index contributed by atoms with van der Waals surface area (Å²) in [6.07, 6.45) is 2.25. The summed E-state index contributed by atoms with van der Waals surface area (Å²) in [5, 5.41) is 7.12. The summed E-state index contributed by atoms with van der Waals surface area (Å²) in [5.41, 5.74) is 1.38. The van der Waals surface area contributed by atoms with E-state index >= 15 is 0 Å². The van der Waals surface area contributed by atoms with E-state index in [1.807, 2.05) is 11.3 Å². The van der Waals surface area contributed by atoms with E-state index in [1.54, 1.807) is 0 Å². The molecule has 0 saturated heterocycles. The second-order valence-electron chi connectivity index (χ2n) is 6.65. The quantitative estimate of drug-likeness (QED) is 0.754. The Balaban J connectivity index is 2.59. The standard InChI is InChI=1S/C17H33N3S/c1-7-18-14(10-11-20(8-2)9-3)12-16-19-15(13-21-16)17(4,5)6/h13-14,18H,7-12H2,1-6H3. The fourth-order valence-electron chi connectivity index (χ4n) is 2.40. The Labute approximate surface area is 135 Å². The van der Waals surface area contributed by atoms with Gasteiger partial charge in [-0.25, -0.2) is 4.98 Å². The van der Waals surface area contributed by atoms with Crippen molar-refractivity contribution in [1.82, 2.24) is 15.2 Å². The third kappa shape index (κ3) is 6.45. The highest BCUT2D eigenvalue weighted by Crippen LogP contribution is 2.24. The predicted octanol–water partition coefficient (Wildman–Crippen LogP) is 3.69. The van der Waals surface area contributed by atoms with Gasteiger partial charge in [-0.3, -0.25) is 0 Å². The maximum atomic E-state index is 4.84. The van der Waals surface area contributed by atoms with E-state index in [4.69, 9.17) is 4.98 Å². The first-order valence-electron chi connectivity index (χ1n) is 8.31. The lowest BCUT2D eigenvalue weighted by atomic mass is 9.93. The van der Waals surface area contributed by atoms with Crippen molar-refractivity contribution in [3.05, 3.63) is 16.1 Å². The van der Waals surface area contributed by atoms with Gasteiger partial charge >= 0.3 is 0 Å².